The third kappa shape index (κ3) is 4.01. The largest absolute Gasteiger partial charge is 0.497 e. The lowest BCUT2D eigenvalue weighted by atomic mass is 10.1. The molecular weight excluding hydrogens is 520 g/mol. The molecule has 210 valence electrons. The molecule has 6 nitrogen and oxygen atoms in total. The minimum atomic E-state index is 0.824. The van der Waals surface area contributed by atoms with Crippen molar-refractivity contribution in [3.63, 3.8) is 0 Å². The van der Waals surface area contributed by atoms with E-state index in [2.05, 4.69) is 119 Å². The van der Waals surface area contributed by atoms with Crippen LogP contribution in [0.3, 0.4) is 0 Å². The minimum Gasteiger partial charge on any atom is -0.497 e. The molecule has 0 unspecified atom stereocenters. The van der Waals surface area contributed by atoms with Gasteiger partial charge in [-0.05, 0) is 24.3 Å². The Bertz CT molecular complexity index is 2000. The molecule has 0 spiro atoms. The Labute approximate surface area is 245 Å². The van der Waals surface area contributed by atoms with Crippen molar-refractivity contribution >= 4 is 43.6 Å². The predicted octanol–water partition coefficient (Wildman–Crippen LogP) is 6.28. The summed E-state index contributed by atoms with van der Waals surface area (Å²) in [5.41, 5.74) is 9.95. The Morgan fingerprint density at radius 1 is 0.548 bits per heavy atom. The molecule has 4 heterocycles. The van der Waals surface area contributed by atoms with Crippen molar-refractivity contribution in [2.45, 2.75) is 26.9 Å². The van der Waals surface area contributed by atoms with E-state index >= 15 is 0 Å². The van der Waals surface area contributed by atoms with Gasteiger partial charge in [0.1, 0.15) is 22.5 Å². The standard InChI is InChI=1S/C36H36N4O2/c1-23-35-31(29-13-11-27(41-5)19-33(29)37(35)3)15-17-39(23)21-25-7-9-26(10-8-25)22-40-18-16-32-30-14-12-28(42-6)20-34(30)38(4)36(32)24(40)2/h7-20H,21-22H2,1-6H3/q+2. The fourth-order valence-electron chi connectivity index (χ4n) is 6.67. The van der Waals surface area contributed by atoms with E-state index in [4.69, 9.17) is 9.47 Å². The van der Waals surface area contributed by atoms with E-state index in [0.717, 1.165) is 24.6 Å². The maximum Gasteiger partial charge on any atom is 0.203 e. The van der Waals surface area contributed by atoms with Gasteiger partial charge in [-0.25, -0.2) is 0 Å². The number of hydrogen-bond donors (Lipinski definition) is 0. The smallest absolute Gasteiger partial charge is 0.203 e. The molecule has 0 bridgehead atoms. The number of ether oxygens (including phenoxy) is 2. The minimum absolute atomic E-state index is 0.824. The van der Waals surface area contributed by atoms with Crippen LogP contribution in [-0.2, 0) is 27.2 Å². The summed E-state index contributed by atoms with van der Waals surface area (Å²) in [6, 6.07) is 26.2. The monoisotopic (exact) mass is 556 g/mol. The molecule has 0 saturated heterocycles. The molecule has 7 rings (SSSR count). The Hall–Kier alpha value is -4.84. The number of benzene rings is 3. The number of rotatable bonds is 6. The molecule has 7 aromatic rings. The van der Waals surface area contributed by atoms with Gasteiger partial charge in [0.05, 0.1) is 25.3 Å². The molecule has 0 aliphatic rings. The lowest BCUT2D eigenvalue weighted by Crippen LogP contribution is -2.38. The van der Waals surface area contributed by atoms with E-state index in [9.17, 15) is 0 Å². The highest BCUT2D eigenvalue weighted by Gasteiger charge is 2.20. The van der Waals surface area contributed by atoms with Gasteiger partial charge in [-0.15, -0.1) is 0 Å². The molecule has 0 aliphatic carbocycles. The molecule has 0 radical (unpaired) electrons. The van der Waals surface area contributed by atoms with Gasteiger partial charge in [-0.3, -0.25) is 0 Å². The lowest BCUT2D eigenvalue weighted by Gasteiger charge is -2.06. The lowest BCUT2D eigenvalue weighted by molar-refractivity contribution is -0.693. The summed E-state index contributed by atoms with van der Waals surface area (Å²) in [6.07, 6.45) is 4.42. The van der Waals surface area contributed by atoms with Gasteiger partial charge in [0.2, 0.25) is 11.4 Å². The average Bonchev–Trinajstić information content (AvgIpc) is 3.47. The summed E-state index contributed by atoms with van der Waals surface area (Å²) in [5, 5.41) is 5.05. The van der Waals surface area contributed by atoms with Crippen LogP contribution >= 0.6 is 0 Å². The van der Waals surface area contributed by atoms with Gasteiger partial charge >= 0.3 is 0 Å². The van der Waals surface area contributed by atoms with Crippen molar-refractivity contribution in [1.82, 2.24) is 9.13 Å². The highest BCUT2D eigenvalue weighted by molar-refractivity contribution is 6.09. The zero-order chi connectivity index (χ0) is 29.1. The SMILES string of the molecule is COc1ccc2c3cc[n+](Cc4ccc(C[n+]5ccc6c7ccc(OC)cc7n(C)c6c5C)cc4)c(C)c3n(C)c2c1. The highest BCUT2D eigenvalue weighted by atomic mass is 16.5. The predicted molar refractivity (Wildman–Crippen MR) is 168 cm³/mol. The van der Waals surface area contributed by atoms with Crippen LogP contribution in [0.2, 0.25) is 0 Å². The van der Waals surface area contributed by atoms with Crippen LogP contribution in [-0.4, -0.2) is 23.4 Å². The zero-order valence-electron chi connectivity index (χ0n) is 25.1. The molecule has 42 heavy (non-hydrogen) atoms. The molecule has 0 amide bonds. The van der Waals surface area contributed by atoms with Crippen molar-refractivity contribution in [3.05, 3.63) is 108 Å². The van der Waals surface area contributed by atoms with Crippen molar-refractivity contribution in [1.29, 1.82) is 0 Å². The first-order chi connectivity index (χ1) is 20.4. The Morgan fingerprint density at radius 3 is 1.33 bits per heavy atom. The van der Waals surface area contributed by atoms with E-state index in [0.29, 0.717) is 0 Å². The van der Waals surface area contributed by atoms with Crippen LogP contribution in [0.5, 0.6) is 11.5 Å². The topological polar surface area (TPSA) is 36.1 Å². The number of hydrogen-bond acceptors (Lipinski definition) is 2. The fourth-order valence-corrected chi connectivity index (χ4v) is 6.67. The van der Waals surface area contributed by atoms with Crippen LogP contribution in [0.1, 0.15) is 22.5 Å². The van der Waals surface area contributed by atoms with Gasteiger partial charge in [-0.2, -0.15) is 9.13 Å². The van der Waals surface area contributed by atoms with Crippen LogP contribution in [0.25, 0.3) is 43.6 Å². The van der Waals surface area contributed by atoms with Crippen molar-refractivity contribution in [3.8, 4) is 11.5 Å². The summed E-state index contributed by atoms with van der Waals surface area (Å²) in [7, 11) is 7.72. The molecule has 0 fully saturated rings. The van der Waals surface area contributed by atoms with Crippen LogP contribution in [0.15, 0.2) is 85.2 Å². The van der Waals surface area contributed by atoms with Gasteiger partial charge in [-0.1, -0.05) is 24.3 Å². The molecule has 3 aromatic carbocycles. The molecule has 0 aliphatic heterocycles. The Morgan fingerprint density at radius 2 is 0.952 bits per heavy atom. The Kier molecular flexibility index (Phi) is 6.15. The number of aryl methyl sites for hydroxylation is 4. The summed E-state index contributed by atoms with van der Waals surface area (Å²) in [6.45, 7) is 6.08. The van der Waals surface area contributed by atoms with E-state index in [-0.39, 0.29) is 0 Å². The fraction of sp³-hybridized carbons (Fsp3) is 0.222. The normalized spacial score (nSPS) is 11.8. The molecule has 0 saturated carbocycles. The second-order valence-electron chi connectivity index (χ2n) is 11.3. The molecule has 0 atom stereocenters. The quantitative estimate of drug-likeness (QED) is 0.226. The van der Waals surface area contributed by atoms with E-state index in [1.54, 1.807) is 14.2 Å². The van der Waals surface area contributed by atoms with Crippen molar-refractivity contribution in [2.24, 2.45) is 14.1 Å². The molecular formula is C36H36N4O2+2. The molecule has 4 aromatic heterocycles. The maximum absolute atomic E-state index is 5.48. The number of methoxy groups -OCH3 is 2. The van der Waals surface area contributed by atoms with Crippen molar-refractivity contribution in [2.75, 3.05) is 14.2 Å². The Balaban J connectivity index is 1.17. The number of nitrogens with zero attached hydrogens (tertiary/aromatic N) is 4. The van der Waals surface area contributed by atoms with E-state index < -0.39 is 0 Å². The summed E-state index contributed by atoms with van der Waals surface area (Å²) in [5.74, 6) is 1.76. The first-order valence-corrected chi connectivity index (χ1v) is 14.4. The van der Waals surface area contributed by atoms with Gasteiger partial charge in [0, 0.05) is 84.9 Å². The van der Waals surface area contributed by atoms with E-state index in [1.807, 2.05) is 12.1 Å². The first-order valence-electron chi connectivity index (χ1n) is 14.4. The van der Waals surface area contributed by atoms with Gasteiger partial charge in [0.15, 0.2) is 25.5 Å². The molecule has 6 heteroatoms. The van der Waals surface area contributed by atoms with Crippen LogP contribution < -0.4 is 18.6 Å². The summed E-state index contributed by atoms with van der Waals surface area (Å²) in [4.78, 5) is 0. The number of fused-ring (bicyclic) bond motifs is 6. The van der Waals surface area contributed by atoms with Gasteiger partial charge < -0.3 is 18.6 Å². The van der Waals surface area contributed by atoms with Crippen LogP contribution in [0, 0.1) is 13.8 Å². The highest BCUT2D eigenvalue weighted by Crippen LogP contribution is 2.32. The summed E-state index contributed by atoms with van der Waals surface area (Å²) < 4.78 is 20.2. The van der Waals surface area contributed by atoms with Gasteiger partial charge in [0.25, 0.3) is 0 Å². The first kappa shape index (κ1) is 26.1. The number of aromatic nitrogens is 4. The second-order valence-corrected chi connectivity index (χ2v) is 11.3. The second kappa shape index (κ2) is 9.91. The van der Waals surface area contributed by atoms with Crippen molar-refractivity contribution < 1.29 is 18.6 Å². The summed E-state index contributed by atoms with van der Waals surface area (Å²) >= 11 is 0. The maximum atomic E-state index is 5.48. The average molecular weight is 557 g/mol. The van der Waals surface area contributed by atoms with E-state index in [1.165, 1.54) is 66.1 Å². The van der Waals surface area contributed by atoms with Crippen LogP contribution in [0.4, 0.5) is 0 Å². The molecule has 0 N–H and O–H groups in total. The third-order valence-corrected chi connectivity index (χ3v) is 9.01. The number of pyridine rings is 2. The third-order valence-electron chi connectivity index (χ3n) is 9.01. The zero-order valence-corrected chi connectivity index (χ0v) is 25.1.